The molecule has 140 valence electrons. The first-order chi connectivity index (χ1) is 12.8. The van der Waals surface area contributed by atoms with Crippen LogP contribution in [0.2, 0.25) is 0 Å². The monoisotopic (exact) mass is 391 g/mol. The number of aromatic nitrogens is 3. The Morgan fingerprint density at radius 3 is 2.52 bits per heavy atom. The van der Waals surface area contributed by atoms with E-state index < -0.39 is 32.5 Å². The molecular weight excluding hydrogens is 377 g/mol. The molecule has 2 aromatic carbocycles. The molecule has 0 aliphatic carbocycles. The number of nitro benzene ring substituents is 1. The highest BCUT2D eigenvalue weighted by Gasteiger charge is 2.23. The topological polar surface area (TPSA) is 120 Å². The number of nitrogens with one attached hydrogen (secondary N) is 1. The molecule has 1 atom stereocenters. The molecule has 27 heavy (non-hydrogen) atoms. The van der Waals surface area contributed by atoms with Gasteiger partial charge in [0.1, 0.15) is 12.7 Å². The van der Waals surface area contributed by atoms with Gasteiger partial charge in [0.05, 0.1) is 15.5 Å². The maximum absolute atomic E-state index is 13.4. The second kappa shape index (κ2) is 7.21. The molecule has 0 amide bonds. The molecule has 0 bridgehead atoms. The Balaban J connectivity index is 1.81. The van der Waals surface area contributed by atoms with Crippen molar-refractivity contribution in [1.29, 1.82) is 0 Å². The van der Waals surface area contributed by atoms with Crippen LogP contribution in [0.15, 0.2) is 60.0 Å². The number of halogens is 1. The molecule has 0 radical (unpaired) electrons. The molecule has 0 saturated heterocycles. The Kier molecular flexibility index (Phi) is 4.97. The molecule has 1 heterocycles. The Hall–Kier alpha value is -3.18. The average Bonchev–Trinajstić information content (AvgIpc) is 3.16. The van der Waals surface area contributed by atoms with Crippen LogP contribution in [0.5, 0.6) is 0 Å². The fraction of sp³-hybridized carbons (Fsp3) is 0.125. The third kappa shape index (κ3) is 3.99. The van der Waals surface area contributed by atoms with Gasteiger partial charge in [-0.05, 0) is 36.8 Å². The predicted octanol–water partition coefficient (Wildman–Crippen LogP) is 2.35. The first kappa shape index (κ1) is 18.6. The minimum Gasteiger partial charge on any atom is -0.258 e. The normalized spacial score (nSPS) is 12.7. The van der Waals surface area contributed by atoms with Gasteiger partial charge >= 0.3 is 5.69 Å². The standard InChI is InChI=1S/C16H14FN5O4S/c1-11(12-2-4-13(5-3-12)21-10-18-9-19-21)20-27(25,26)14-6-7-15(17)16(8-14)22(23)24/h2-11,20H,1H3/t11-/m0/s1. The van der Waals surface area contributed by atoms with E-state index in [2.05, 4.69) is 14.8 Å². The lowest BCUT2D eigenvalue weighted by Gasteiger charge is -2.15. The van der Waals surface area contributed by atoms with Gasteiger partial charge < -0.3 is 0 Å². The minimum atomic E-state index is -4.08. The molecule has 3 rings (SSSR count). The highest BCUT2D eigenvalue weighted by molar-refractivity contribution is 7.89. The minimum absolute atomic E-state index is 0.387. The molecule has 9 nitrogen and oxygen atoms in total. The number of sulfonamides is 1. The van der Waals surface area contributed by atoms with Crippen molar-refractivity contribution in [3.05, 3.63) is 76.6 Å². The second-order valence-corrected chi connectivity index (χ2v) is 7.36. The summed E-state index contributed by atoms with van der Waals surface area (Å²) in [5.74, 6) is -1.10. The Labute approximate surface area is 153 Å². The Morgan fingerprint density at radius 1 is 1.22 bits per heavy atom. The van der Waals surface area contributed by atoms with Crippen LogP contribution in [-0.2, 0) is 10.0 Å². The summed E-state index contributed by atoms with van der Waals surface area (Å²) in [6, 6.07) is 8.74. The maximum atomic E-state index is 13.4. The van der Waals surface area contributed by atoms with Crippen molar-refractivity contribution in [3.63, 3.8) is 0 Å². The maximum Gasteiger partial charge on any atom is 0.306 e. The summed E-state index contributed by atoms with van der Waals surface area (Å²) in [6.45, 7) is 1.62. The molecule has 1 aromatic heterocycles. The van der Waals surface area contributed by atoms with Gasteiger partial charge in [-0.25, -0.2) is 22.8 Å². The molecule has 0 spiro atoms. The van der Waals surface area contributed by atoms with Crippen molar-refractivity contribution in [2.75, 3.05) is 0 Å². The zero-order valence-corrected chi connectivity index (χ0v) is 14.8. The highest BCUT2D eigenvalue weighted by atomic mass is 32.2. The van der Waals surface area contributed by atoms with Crippen LogP contribution in [0, 0.1) is 15.9 Å². The van der Waals surface area contributed by atoms with E-state index in [-0.39, 0.29) is 4.90 Å². The van der Waals surface area contributed by atoms with Gasteiger partial charge in [-0.3, -0.25) is 10.1 Å². The van der Waals surface area contributed by atoms with Crippen LogP contribution >= 0.6 is 0 Å². The molecule has 11 heteroatoms. The van der Waals surface area contributed by atoms with E-state index in [4.69, 9.17) is 0 Å². The van der Waals surface area contributed by atoms with Crippen LogP contribution in [0.1, 0.15) is 18.5 Å². The van der Waals surface area contributed by atoms with E-state index in [1.807, 2.05) is 0 Å². The summed E-state index contributed by atoms with van der Waals surface area (Å²) in [5.41, 5.74) is 0.516. The fourth-order valence-corrected chi connectivity index (χ4v) is 3.68. The summed E-state index contributed by atoms with van der Waals surface area (Å²) in [5, 5.41) is 14.8. The quantitative estimate of drug-likeness (QED) is 0.509. The molecular formula is C16H14FN5O4S. The number of hydrogen-bond donors (Lipinski definition) is 1. The van der Waals surface area contributed by atoms with Gasteiger partial charge in [0, 0.05) is 12.1 Å². The van der Waals surface area contributed by atoms with E-state index in [9.17, 15) is 22.9 Å². The van der Waals surface area contributed by atoms with Crippen molar-refractivity contribution in [2.24, 2.45) is 0 Å². The van der Waals surface area contributed by atoms with E-state index in [0.717, 1.165) is 17.8 Å². The summed E-state index contributed by atoms with van der Waals surface area (Å²) < 4.78 is 42.3. The van der Waals surface area contributed by atoms with Gasteiger partial charge in [0.25, 0.3) is 0 Å². The molecule has 3 aromatic rings. The number of nitro groups is 1. The predicted molar refractivity (Wildman–Crippen MR) is 93.1 cm³/mol. The van der Waals surface area contributed by atoms with Crippen molar-refractivity contribution in [3.8, 4) is 5.69 Å². The summed E-state index contributed by atoms with van der Waals surface area (Å²) >= 11 is 0. The molecule has 0 saturated carbocycles. The summed E-state index contributed by atoms with van der Waals surface area (Å²) in [6.07, 6.45) is 2.93. The van der Waals surface area contributed by atoms with Gasteiger partial charge in [-0.15, -0.1) is 0 Å². The number of nitrogens with zero attached hydrogens (tertiary/aromatic N) is 4. The van der Waals surface area contributed by atoms with Crippen LogP contribution in [0.4, 0.5) is 10.1 Å². The van der Waals surface area contributed by atoms with Crippen LogP contribution in [-0.4, -0.2) is 28.1 Å². The van der Waals surface area contributed by atoms with E-state index in [1.165, 1.54) is 12.7 Å². The molecule has 0 unspecified atom stereocenters. The average molecular weight is 391 g/mol. The molecule has 0 fully saturated rings. The second-order valence-electron chi connectivity index (χ2n) is 5.64. The largest absolute Gasteiger partial charge is 0.306 e. The first-order valence-corrected chi connectivity index (χ1v) is 9.17. The van der Waals surface area contributed by atoms with Crippen LogP contribution < -0.4 is 4.72 Å². The van der Waals surface area contributed by atoms with E-state index in [0.29, 0.717) is 11.6 Å². The zero-order valence-electron chi connectivity index (χ0n) is 14.0. The lowest BCUT2D eigenvalue weighted by Crippen LogP contribution is -2.27. The third-order valence-electron chi connectivity index (χ3n) is 3.83. The summed E-state index contributed by atoms with van der Waals surface area (Å²) in [4.78, 5) is 13.3. The third-order valence-corrected chi connectivity index (χ3v) is 5.37. The molecule has 1 N–H and O–H groups in total. The SMILES string of the molecule is C[C@H](NS(=O)(=O)c1ccc(F)c([N+](=O)[O-])c1)c1ccc(-n2cncn2)cc1. The van der Waals surface area contributed by atoms with E-state index >= 15 is 0 Å². The van der Waals surface area contributed by atoms with Crippen LogP contribution in [0.3, 0.4) is 0 Å². The van der Waals surface area contributed by atoms with Gasteiger partial charge in [-0.2, -0.15) is 9.49 Å². The Morgan fingerprint density at radius 2 is 1.93 bits per heavy atom. The van der Waals surface area contributed by atoms with Crippen molar-refractivity contribution < 1.29 is 17.7 Å². The molecule has 0 aliphatic rings. The zero-order chi connectivity index (χ0) is 19.6. The lowest BCUT2D eigenvalue weighted by atomic mass is 10.1. The number of hydrogen-bond acceptors (Lipinski definition) is 6. The van der Waals surface area contributed by atoms with Gasteiger partial charge in [-0.1, -0.05) is 12.1 Å². The van der Waals surface area contributed by atoms with Crippen molar-refractivity contribution in [2.45, 2.75) is 17.9 Å². The number of rotatable bonds is 6. The van der Waals surface area contributed by atoms with Crippen molar-refractivity contribution in [1.82, 2.24) is 19.5 Å². The lowest BCUT2D eigenvalue weighted by molar-refractivity contribution is -0.387. The van der Waals surface area contributed by atoms with Crippen LogP contribution in [0.25, 0.3) is 5.69 Å². The van der Waals surface area contributed by atoms with Gasteiger partial charge in [0.2, 0.25) is 15.8 Å². The smallest absolute Gasteiger partial charge is 0.258 e. The fourth-order valence-electron chi connectivity index (χ4n) is 2.43. The Bertz CT molecular complexity index is 1070. The first-order valence-electron chi connectivity index (χ1n) is 7.69. The number of benzene rings is 2. The highest BCUT2D eigenvalue weighted by Crippen LogP contribution is 2.23. The van der Waals surface area contributed by atoms with E-state index in [1.54, 1.807) is 35.9 Å². The van der Waals surface area contributed by atoms with Crippen molar-refractivity contribution >= 4 is 15.7 Å². The molecule has 0 aliphatic heterocycles. The summed E-state index contributed by atoms with van der Waals surface area (Å²) in [7, 11) is -4.08. The van der Waals surface area contributed by atoms with Gasteiger partial charge in [0.15, 0.2) is 0 Å².